The van der Waals surface area contributed by atoms with Crippen LogP contribution in [-0.4, -0.2) is 50.4 Å². The van der Waals surface area contributed by atoms with Crippen LogP contribution >= 0.6 is 39.1 Å². The van der Waals surface area contributed by atoms with Crippen LogP contribution in [0.2, 0.25) is 10.0 Å². The lowest BCUT2D eigenvalue weighted by atomic mass is 10.1. The first kappa shape index (κ1) is 22.9. The maximum Gasteiger partial charge on any atom is 0.337 e. The van der Waals surface area contributed by atoms with E-state index >= 15 is 0 Å². The Kier molecular flexibility index (Phi) is 5.91. The number of carbonyl (C=O) groups excluding carboxylic acids is 3. The van der Waals surface area contributed by atoms with Gasteiger partial charge in [0.2, 0.25) is 5.88 Å². The lowest BCUT2D eigenvalue weighted by molar-refractivity contribution is -0.132. The lowest BCUT2D eigenvalue weighted by Gasteiger charge is -2.36. The summed E-state index contributed by atoms with van der Waals surface area (Å²) in [5.41, 5.74) is 3.11. The van der Waals surface area contributed by atoms with Crippen molar-refractivity contribution in [2.75, 3.05) is 7.11 Å². The Morgan fingerprint density at radius 2 is 1.97 bits per heavy atom. The van der Waals surface area contributed by atoms with Crippen molar-refractivity contribution in [1.29, 1.82) is 0 Å². The molecule has 1 fully saturated rings. The number of methoxy groups -OCH3 is 1. The molecule has 1 saturated carbocycles. The number of halogens is 3. The molecular weight excluding hydrogens is 527 g/mol. The third-order valence-corrected chi connectivity index (χ3v) is 6.23. The number of hydrogen-bond donors (Lipinski definition) is 3. The quantitative estimate of drug-likeness (QED) is 0.226. The number of hydrogen-bond acceptors (Lipinski definition) is 7. The van der Waals surface area contributed by atoms with Gasteiger partial charge in [-0.1, -0.05) is 39.1 Å². The van der Waals surface area contributed by atoms with Crippen LogP contribution in [0.25, 0.3) is 0 Å². The van der Waals surface area contributed by atoms with E-state index in [2.05, 4.69) is 26.7 Å². The van der Waals surface area contributed by atoms with Crippen molar-refractivity contribution >= 4 is 56.9 Å². The van der Waals surface area contributed by atoms with Gasteiger partial charge in [0, 0.05) is 21.7 Å². The Morgan fingerprint density at radius 3 is 2.53 bits per heavy atom. The molecule has 0 bridgehead atoms. The fourth-order valence-corrected chi connectivity index (χ4v) is 4.39. The number of carbonyl (C=O) groups is 3. The number of nitrogens with one attached hydrogen (secondary N) is 2. The average molecular weight is 546 g/mol. The third kappa shape index (κ3) is 4.19. The Morgan fingerprint density at radius 1 is 1.34 bits per heavy atom. The number of nitrogens with zero attached hydrogens (tertiary/aromatic N) is 2. The number of rotatable bonds is 5. The summed E-state index contributed by atoms with van der Waals surface area (Å²) in [6, 6.07) is 2.78. The summed E-state index contributed by atoms with van der Waals surface area (Å²) < 4.78 is 3.90. The van der Waals surface area contributed by atoms with Gasteiger partial charge >= 0.3 is 5.97 Å². The number of alkyl halides is 1. The van der Waals surface area contributed by atoms with Crippen molar-refractivity contribution in [3.8, 4) is 0 Å². The van der Waals surface area contributed by atoms with Gasteiger partial charge in [0.15, 0.2) is 5.57 Å². The predicted octanol–water partition coefficient (Wildman–Crippen LogP) is 2.94. The molecule has 3 aliphatic rings. The van der Waals surface area contributed by atoms with Crippen molar-refractivity contribution in [3.05, 3.63) is 56.7 Å². The van der Waals surface area contributed by atoms with Crippen molar-refractivity contribution < 1.29 is 24.2 Å². The average Bonchev–Trinajstić information content (AvgIpc) is 3.46. The van der Waals surface area contributed by atoms with E-state index in [0.29, 0.717) is 11.4 Å². The van der Waals surface area contributed by atoms with Crippen LogP contribution in [0.1, 0.15) is 35.7 Å². The SMILES string of the molecule is COC(=O)c1cc(Cl)c(CN2C(=O)C(C(=O)NC3CC3)=C(O)N3NC(C)(Br)C=C23)c(Cl)c1. The number of aliphatic hydroxyl groups is 1. The number of aliphatic hydroxyl groups excluding tert-OH is 1. The maximum absolute atomic E-state index is 13.4. The second-order valence-corrected chi connectivity index (χ2v) is 10.2. The summed E-state index contributed by atoms with van der Waals surface area (Å²) in [4.78, 5) is 39.2. The van der Waals surface area contributed by atoms with E-state index < -0.39 is 33.7 Å². The van der Waals surface area contributed by atoms with Crippen molar-refractivity contribution in [3.63, 3.8) is 0 Å². The van der Waals surface area contributed by atoms with E-state index in [4.69, 9.17) is 27.9 Å². The van der Waals surface area contributed by atoms with E-state index in [1.54, 1.807) is 13.0 Å². The monoisotopic (exact) mass is 544 g/mol. The van der Waals surface area contributed by atoms with E-state index in [1.165, 1.54) is 29.2 Å². The van der Waals surface area contributed by atoms with Crippen LogP contribution < -0.4 is 10.7 Å². The number of benzene rings is 1. The summed E-state index contributed by atoms with van der Waals surface area (Å²) in [6.07, 6.45) is 3.31. The third-order valence-electron chi connectivity index (χ3n) is 5.15. The fraction of sp³-hybridized carbons (Fsp3) is 0.350. The van der Waals surface area contributed by atoms with Crippen LogP contribution in [0.15, 0.2) is 35.5 Å². The zero-order chi connectivity index (χ0) is 23.4. The van der Waals surface area contributed by atoms with Crippen LogP contribution in [0.3, 0.4) is 0 Å². The highest BCUT2D eigenvalue weighted by Crippen LogP contribution is 2.38. The highest BCUT2D eigenvalue weighted by atomic mass is 79.9. The molecule has 2 heterocycles. The van der Waals surface area contributed by atoms with Gasteiger partial charge in [0.25, 0.3) is 11.8 Å². The first-order chi connectivity index (χ1) is 15.0. The number of hydrazine groups is 1. The minimum atomic E-state index is -0.792. The van der Waals surface area contributed by atoms with E-state index in [9.17, 15) is 19.5 Å². The van der Waals surface area contributed by atoms with Crippen LogP contribution in [0.4, 0.5) is 0 Å². The Bertz CT molecular complexity index is 1080. The van der Waals surface area contributed by atoms with Gasteiger partial charge in [0.05, 0.1) is 19.2 Å². The molecule has 32 heavy (non-hydrogen) atoms. The largest absolute Gasteiger partial charge is 0.493 e. The zero-order valence-corrected chi connectivity index (χ0v) is 20.1. The molecule has 12 heteroatoms. The van der Waals surface area contributed by atoms with Crippen LogP contribution in [0.5, 0.6) is 0 Å². The first-order valence-electron chi connectivity index (χ1n) is 9.64. The molecule has 0 spiro atoms. The Labute approximate surface area is 202 Å². The standard InChI is InChI=1S/C20H19BrCl2N4O5/c1-20(21)7-14-26(8-11-12(22)5-9(6-13(11)23)19(31)32-2)17(29)15(18(30)27(14)25-20)16(28)24-10-3-4-10/h5-7,10,25,30H,3-4,8H2,1-2H3,(H,24,28). The lowest BCUT2D eigenvalue weighted by Crippen LogP contribution is -2.51. The summed E-state index contributed by atoms with van der Waals surface area (Å²) >= 11 is 16.2. The molecule has 170 valence electrons. The fourth-order valence-electron chi connectivity index (χ4n) is 3.41. The van der Waals surface area contributed by atoms with Gasteiger partial charge in [-0.15, -0.1) is 0 Å². The Hall–Kier alpha value is -2.27. The maximum atomic E-state index is 13.4. The Balaban J connectivity index is 1.73. The highest BCUT2D eigenvalue weighted by molar-refractivity contribution is 9.10. The van der Waals surface area contributed by atoms with Gasteiger partial charge < -0.3 is 15.2 Å². The second-order valence-electron chi connectivity index (χ2n) is 7.77. The normalized spacial score (nSPS) is 22.7. The molecule has 1 aliphatic carbocycles. The summed E-state index contributed by atoms with van der Waals surface area (Å²) in [5.74, 6) is -2.19. The van der Waals surface area contributed by atoms with E-state index in [-0.39, 0.29) is 28.2 Å². The molecule has 1 atom stereocenters. The molecule has 3 N–H and O–H groups in total. The van der Waals surface area contributed by atoms with Crippen molar-refractivity contribution in [1.82, 2.24) is 20.7 Å². The van der Waals surface area contributed by atoms with Gasteiger partial charge in [-0.05, 0) is 38.0 Å². The first-order valence-corrected chi connectivity index (χ1v) is 11.2. The van der Waals surface area contributed by atoms with Gasteiger partial charge in [-0.25, -0.2) is 15.2 Å². The van der Waals surface area contributed by atoms with Crippen LogP contribution in [-0.2, 0) is 20.9 Å². The number of fused-ring (bicyclic) bond motifs is 1. The molecule has 0 saturated heterocycles. The highest BCUT2D eigenvalue weighted by Gasteiger charge is 2.46. The molecule has 2 aliphatic heterocycles. The summed E-state index contributed by atoms with van der Waals surface area (Å²) in [5, 5.41) is 15.0. The molecule has 0 radical (unpaired) electrons. The van der Waals surface area contributed by atoms with Crippen LogP contribution in [0, 0.1) is 0 Å². The molecule has 1 aromatic carbocycles. The molecule has 2 amide bonds. The van der Waals surface area contributed by atoms with Gasteiger partial charge in [-0.2, -0.15) is 0 Å². The van der Waals surface area contributed by atoms with Gasteiger partial charge in [-0.3, -0.25) is 14.5 Å². The number of ether oxygens (including phenoxy) is 1. The second kappa shape index (κ2) is 8.26. The molecule has 1 aromatic rings. The summed E-state index contributed by atoms with van der Waals surface area (Å²) in [6.45, 7) is 1.65. The van der Waals surface area contributed by atoms with Gasteiger partial charge in [0.1, 0.15) is 10.3 Å². The van der Waals surface area contributed by atoms with E-state index in [1.807, 2.05) is 0 Å². The molecular formula is C20H19BrCl2N4O5. The zero-order valence-electron chi connectivity index (χ0n) is 17.0. The predicted molar refractivity (Wildman–Crippen MR) is 120 cm³/mol. The molecule has 9 nitrogen and oxygen atoms in total. The smallest absolute Gasteiger partial charge is 0.337 e. The van der Waals surface area contributed by atoms with Crippen molar-refractivity contribution in [2.24, 2.45) is 0 Å². The molecule has 1 unspecified atom stereocenters. The van der Waals surface area contributed by atoms with E-state index in [0.717, 1.165) is 12.8 Å². The number of amides is 2. The minimum Gasteiger partial charge on any atom is -0.493 e. The topological polar surface area (TPSA) is 111 Å². The minimum absolute atomic E-state index is 0.0104. The number of esters is 1. The molecule has 4 rings (SSSR count). The summed E-state index contributed by atoms with van der Waals surface area (Å²) in [7, 11) is 1.24. The molecule has 0 aromatic heterocycles. The van der Waals surface area contributed by atoms with Crippen molar-refractivity contribution in [2.45, 2.75) is 36.8 Å².